The SMILES string of the molecule is CC1(C)C[C@H]2C3=CCC4[C@@]5(C)CC[C@H](O)[C@](C)(CO)C5CC[C@@]4(C)[C@]3(C)CC[C@@]2(C)[C@H](O)[C@@H]1O. The summed E-state index contributed by atoms with van der Waals surface area (Å²) in [4.78, 5) is 0. The molecule has 5 rings (SSSR count). The molecule has 4 nitrogen and oxygen atoms in total. The van der Waals surface area contributed by atoms with Gasteiger partial charge in [0, 0.05) is 10.8 Å². The third-order valence-electron chi connectivity index (χ3n) is 13.5. The molecule has 5 aliphatic carbocycles. The average molecular weight is 475 g/mol. The molecular weight excluding hydrogens is 424 g/mol. The van der Waals surface area contributed by atoms with Gasteiger partial charge in [-0.3, -0.25) is 0 Å². The molecule has 4 N–H and O–H groups in total. The van der Waals surface area contributed by atoms with Gasteiger partial charge in [-0.1, -0.05) is 60.1 Å². The van der Waals surface area contributed by atoms with Gasteiger partial charge in [0.25, 0.3) is 0 Å². The van der Waals surface area contributed by atoms with Crippen molar-refractivity contribution in [1.29, 1.82) is 0 Å². The second-order valence-corrected chi connectivity index (χ2v) is 15.2. The molecule has 4 saturated carbocycles. The van der Waals surface area contributed by atoms with E-state index in [1.165, 1.54) is 0 Å². The van der Waals surface area contributed by atoms with Crippen molar-refractivity contribution < 1.29 is 20.4 Å². The highest BCUT2D eigenvalue weighted by atomic mass is 16.3. The molecule has 5 aliphatic rings. The van der Waals surface area contributed by atoms with Gasteiger partial charge in [-0.15, -0.1) is 0 Å². The quantitative estimate of drug-likeness (QED) is 0.399. The van der Waals surface area contributed by atoms with Crippen LogP contribution < -0.4 is 0 Å². The van der Waals surface area contributed by atoms with Crippen LogP contribution in [0.25, 0.3) is 0 Å². The Hall–Kier alpha value is -0.420. The molecule has 11 atom stereocenters. The first-order valence-corrected chi connectivity index (χ1v) is 14.0. The first kappa shape index (κ1) is 25.2. The van der Waals surface area contributed by atoms with Crippen molar-refractivity contribution in [3.8, 4) is 0 Å². The predicted octanol–water partition coefficient (Wildman–Crippen LogP) is 5.08. The van der Waals surface area contributed by atoms with E-state index in [-0.39, 0.29) is 33.7 Å². The summed E-state index contributed by atoms with van der Waals surface area (Å²) in [6.45, 7) is 16.2. The van der Waals surface area contributed by atoms with E-state index in [1.807, 2.05) is 0 Å². The number of hydrogen-bond donors (Lipinski definition) is 4. The van der Waals surface area contributed by atoms with E-state index >= 15 is 0 Å². The molecule has 0 amide bonds. The largest absolute Gasteiger partial charge is 0.396 e. The lowest BCUT2D eigenvalue weighted by atomic mass is 9.33. The van der Waals surface area contributed by atoms with Crippen molar-refractivity contribution in [3.63, 3.8) is 0 Å². The lowest BCUT2D eigenvalue weighted by molar-refractivity contribution is -0.225. The van der Waals surface area contributed by atoms with Crippen molar-refractivity contribution in [2.75, 3.05) is 6.61 Å². The normalized spacial score (nSPS) is 58.6. The summed E-state index contributed by atoms with van der Waals surface area (Å²) in [6.07, 6.45) is 8.79. The highest BCUT2D eigenvalue weighted by molar-refractivity contribution is 5.34. The van der Waals surface area contributed by atoms with Crippen LogP contribution in [0.15, 0.2) is 11.6 Å². The standard InChI is InChI=1S/C30H50O4/c1-25(2)16-19-18-8-9-21-27(4)12-11-22(32)28(5,17-31)20(27)10-13-30(21,7)29(18,6)15-14-26(19,3)24(34)23(25)33/h8,19-24,31-34H,9-17H2,1-7H3/t19-,20?,21?,22-,23-,24+,26+,27-,28+,29+,30+/m0/s1. The zero-order valence-electron chi connectivity index (χ0n) is 22.7. The second kappa shape index (κ2) is 7.33. The third kappa shape index (κ3) is 2.81. The van der Waals surface area contributed by atoms with Gasteiger partial charge in [0.15, 0.2) is 0 Å². The Morgan fingerprint density at radius 2 is 1.47 bits per heavy atom. The Morgan fingerprint density at radius 3 is 2.12 bits per heavy atom. The molecule has 0 aliphatic heterocycles. The molecular formula is C30H50O4. The summed E-state index contributed by atoms with van der Waals surface area (Å²) in [5.74, 6) is 1.17. The number of rotatable bonds is 1. The molecule has 0 spiro atoms. The van der Waals surface area contributed by atoms with Crippen LogP contribution >= 0.6 is 0 Å². The van der Waals surface area contributed by atoms with Crippen molar-refractivity contribution in [2.45, 2.75) is 118 Å². The fourth-order valence-electron chi connectivity index (χ4n) is 10.7. The molecule has 0 radical (unpaired) electrons. The minimum atomic E-state index is -0.685. The molecule has 194 valence electrons. The van der Waals surface area contributed by atoms with Gasteiger partial charge in [-0.05, 0) is 90.8 Å². The fraction of sp³-hybridized carbons (Fsp3) is 0.933. The number of fused-ring (bicyclic) bond motifs is 7. The molecule has 0 aromatic heterocycles. The smallest absolute Gasteiger partial charge is 0.0863 e. The third-order valence-corrected chi connectivity index (χ3v) is 13.5. The van der Waals surface area contributed by atoms with Crippen LogP contribution in [0.3, 0.4) is 0 Å². The maximum Gasteiger partial charge on any atom is 0.0863 e. The van der Waals surface area contributed by atoms with Gasteiger partial charge >= 0.3 is 0 Å². The van der Waals surface area contributed by atoms with E-state index in [0.29, 0.717) is 17.8 Å². The molecule has 0 heterocycles. The van der Waals surface area contributed by atoms with E-state index in [9.17, 15) is 20.4 Å². The Kier molecular flexibility index (Phi) is 5.44. The summed E-state index contributed by atoms with van der Waals surface area (Å²) in [5, 5.41) is 43.6. The molecule has 34 heavy (non-hydrogen) atoms. The fourth-order valence-corrected chi connectivity index (χ4v) is 10.7. The monoisotopic (exact) mass is 474 g/mol. The second-order valence-electron chi connectivity index (χ2n) is 15.2. The summed E-state index contributed by atoms with van der Waals surface area (Å²) in [7, 11) is 0. The van der Waals surface area contributed by atoms with Gasteiger partial charge in [0.05, 0.1) is 24.9 Å². The van der Waals surface area contributed by atoms with Gasteiger partial charge in [0.1, 0.15) is 0 Å². The van der Waals surface area contributed by atoms with Crippen molar-refractivity contribution in [3.05, 3.63) is 11.6 Å². The van der Waals surface area contributed by atoms with Crippen LogP contribution in [0, 0.1) is 50.2 Å². The number of hydrogen-bond acceptors (Lipinski definition) is 4. The molecule has 0 aromatic carbocycles. The molecule has 4 heteroatoms. The van der Waals surface area contributed by atoms with Crippen molar-refractivity contribution in [2.24, 2.45) is 50.2 Å². The van der Waals surface area contributed by atoms with Gasteiger partial charge in [0.2, 0.25) is 0 Å². The number of aliphatic hydroxyl groups is 4. The first-order valence-electron chi connectivity index (χ1n) is 14.0. The molecule has 0 aromatic rings. The highest BCUT2D eigenvalue weighted by Gasteiger charge is 2.69. The van der Waals surface area contributed by atoms with E-state index in [0.717, 1.165) is 51.4 Å². The Balaban J connectivity index is 1.58. The summed E-state index contributed by atoms with van der Waals surface area (Å²) in [6, 6.07) is 0. The van der Waals surface area contributed by atoms with Gasteiger partial charge in [-0.2, -0.15) is 0 Å². The van der Waals surface area contributed by atoms with Crippen molar-refractivity contribution in [1.82, 2.24) is 0 Å². The zero-order valence-corrected chi connectivity index (χ0v) is 22.7. The minimum Gasteiger partial charge on any atom is -0.396 e. The molecule has 2 unspecified atom stereocenters. The Morgan fingerprint density at radius 1 is 0.794 bits per heavy atom. The van der Waals surface area contributed by atoms with Crippen LogP contribution in [0.2, 0.25) is 0 Å². The van der Waals surface area contributed by atoms with Gasteiger partial charge < -0.3 is 20.4 Å². The van der Waals surface area contributed by atoms with Crippen LogP contribution in [0.5, 0.6) is 0 Å². The lowest BCUT2D eigenvalue weighted by Crippen LogP contribution is -2.67. The Bertz CT molecular complexity index is 881. The highest BCUT2D eigenvalue weighted by Crippen LogP contribution is 2.75. The molecule has 0 saturated heterocycles. The van der Waals surface area contributed by atoms with Crippen molar-refractivity contribution >= 4 is 0 Å². The molecule has 4 fully saturated rings. The summed E-state index contributed by atoms with van der Waals surface area (Å²) in [5.41, 5.74) is 0.920. The average Bonchev–Trinajstić information content (AvgIpc) is 2.77. The van der Waals surface area contributed by atoms with Crippen LogP contribution in [0.1, 0.15) is 99.8 Å². The van der Waals surface area contributed by atoms with E-state index in [4.69, 9.17) is 0 Å². The first-order chi connectivity index (χ1) is 15.6. The predicted molar refractivity (Wildman–Crippen MR) is 135 cm³/mol. The maximum absolute atomic E-state index is 11.3. The van der Waals surface area contributed by atoms with Crippen LogP contribution in [-0.2, 0) is 0 Å². The minimum absolute atomic E-state index is 0.0614. The molecule has 0 bridgehead atoms. The van der Waals surface area contributed by atoms with E-state index in [2.05, 4.69) is 54.5 Å². The number of allylic oxidation sites excluding steroid dienone is 2. The van der Waals surface area contributed by atoms with Crippen LogP contribution in [-0.4, -0.2) is 45.3 Å². The zero-order chi connectivity index (χ0) is 25.1. The van der Waals surface area contributed by atoms with E-state index in [1.54, 1.807) is 5.57 Å². The maximum atomic E-state index is 11.3. The summed E-state index contributed by atoms with van der Waals surface area (Å²) < 4.78 is 0. The summed E-state index contributed by atoms with van der Waals surface area (Å²) >= 11 is 0. The Labute approximate surface area is 207 Å². The number of aliphatic hydroxyl groups excluding tert-OH is 4. The van der Waals surface area contributed by atoms with E-state index < -0.39 is 23.7 Å². The van der Waals surface area contributed by atoms with Gasteiger partial charge in [-0.25, -0.2) is 0 Å². The topological polar surface area (TPSA) is 80.9 Å². The van der Waals surface area contributed by atoms with Crippen LogP contribution in [0.4, 0.5) is 0 Å². The lowest BCUT2D eigenvalue weighted by Gasteiger charge is -2.72.